The molecule has 0 radical (unpaired) electrons. The highest BCUT2D eigenvalue weighted by Gasteiger charge is 2.52. The van der Waals surface area contributed by atoms with Crippen molar-refractivity contribution in [3.8, 4) is 6.07 Å². The first-order valence-corrected chi connectivity index (χ1v) is 9.37. The van der Waals surface area contributed by atoms with Crippen LogP contribution in [0.1, 0.15) is 44.6 Å². The number of nitriles is 1. The zero-order valence-corrected chi connectivity index (χ0v) is 15.5. The number of anilines is 1. The second kappa shape index (κ2) is 7.78. The number of imide groups is 1. The SMILES string of the molecule is CCC1CCC2(CC1)NC(=O)N(CC(=O)Nc1ccc(CC#N)cc1)C2=O. The highest BCUT2D eigenvalue weighted by Crippen LogP contribution is 2.37. The first-order valence-electron chi connectivity index (χ1n) is 9.37. The number of carbonyl (C=O) groups is 3. The maximum absolute atomic E-state index is 12.8. The average Bonchev–Trinajstić information content (AvgIpc) is 2.88. The van der Waals surface area contributed by atoms with E-state index in [1.54, 1.807) is 24.3 Å². The highest BCUT2D eigenvalue weighted by molar-refractivity contribution is 6.10. The normalized spacial score (nSPS) is 24.6. The molecule has 2 fully saturated rings. The van der Waals surface area contributed by atoms with Crippen LogP contribution in [0, 0.1) is 17.2 Å². The van der Waals surface area contributed by atoms with Gasteiger partial charge in [0.2, 0.25) is 5.91 Å². The van der Waals surface area contributed by atoms with Crippen LogP contribution in [0.15, 0.2) is 24.3 Å². The van der Waals surface area contributed by atoms with E-state index in [0.29, 0.717) is 30.9 Å². The molecule has 1 spiro atoms. The van der Waals surface area contributed by atoms with Crippen molar-refractivity contribution in [1.29, 1.82) is 5.26 Å². The summed E-state index contributed by atoms with van der Waals surface area (Å²) in [6, 6.07) is 8.48. The molecule has 1 aliphatic heterocycles. The third-order valence-corrected chi connectivity index (χ3v) is 5.60. The summed E-state index contributed by atoms with van der Waals surface area (Å²) in [7, 11) is 0. The van der Waals surface area contributed by atoms with Crippen molar-refractivity contribution in [1.82, 2.24) is 10.2 Å². The van der Waals surface area contributed by atoms with Crippen LogP contribution < -0.4 is 10.6 Å². The number of rotatable bonds is 5. The Hall–Kier alpha value is -2.88. The van der Waals surface area contributed by atoms with E-state index < -0.39 is 17.5 Å². The lowest BCUT2D eigenvalue weighted by Crippen LogP contribution is -2.49. The molecule has 142 valence electrons. The number of urea groups is 1. The standard InChI is InChI=1S/C20H24N4O3/c1-2-14-7-10-20(11-8-14)18(26)24(19(27)23-20)13-17(25)22-16-5-3-15(4-6-16)9-12-21/h3-6,14H,2,7-11,13H2,1H3,(H,22,25)(H,23,27). The Kier molecular flexibility index (Phi) is 5.45. The molecule has 1 heterocycles. The number of hydrogen-bond acceptors (Lipinski definition) is 4. The van der Waals surface area contributed by atoms with Gasteiger partial charge in [0.1, 0.15) is 12.1 Å². The lowest BCUT2D eigenvalue weighted by molar-refractivity contribution is -0.135. The van der Waals surface area contributed by atoms with Crippen molar-refractivity contribution >= 4 is 23.5 Å². The molecule has 1 saturated carbocycles. The molecule has 2 N–H and O–H groups in total. The van der Waals surface area contributed by atoms with Gasteiger partial charge in [0, 0.05) is 5.69 Å². The van der Waals surface area contributed by atoms with E-state index >= 15 is 0 Å². The molecule has 4 amide bonds. The Morgan fingerprint density at radius 2 is 1.96 bits per heavy atom. The largest absolute Gasteiger partial charge is 0.325 e. The molecule has 27 heavy (non-hydrogen) atoms. The summed E-state index contributed by atoms with van der Waals surface area (Å²) in [5, 5.41) is 14.2. The maximum atomic E-state index is 12.8. The number of carbonyl (C=O) groups excluding carboxylic acids is 3. The maximum Gasteiger partial charge on any atom is 0.325 e. The van der Waals surface area contributed by atoms with Gasteiger partial charge in [-0.15, -0.1) is 0 Å². The molecule has 0 aromatic heterocycles. The molecule has 3 rings (SSSR count). The summed E-state index contributed by atoms with van der Waals surface area (Å²) in [5.74, 6) is -0.117. The van der Waals surface area contributed by atoms with Crippen LogP contribution in [0.25, 0.3) is 0 Å². The molecule has 7 nitrogen and oxygen atoms in total. The minimum absolute atomic E-state index is 0.290. The summed E-state index contributed by atoms with van der Waals surface area (Å²) < 4.78 is 0. The molecule has 0 bridgehead atoms. The monoisotopic (exact) mass is 368 g/mol. The van der Waals surface area contributed by atoms with Crippen molar-refractivity contribution in [2.45, 2.75) is 51.0 Å². The number of nitrogens with zero attached hydrogens (tertiary/aromatic N) is 2. The fourth-order valence-corrected chi connectivity index (χ4v) is 3.88. The molecule has 0 unspecified atom stereocenters. The fourth-order valence-electron chi connectivity index (χ4n) is 3.88. The summed E-state index contributed by atoms with van der Waals surface area (Å²) in [4.78, 5) is 38.4. The van der Waals surface area contributed by atoms with Crippen LogP contribution in [0.2, 0.25) is 0 Å². The molecule has 1 saturated heterocycles. The molecule has 2 aliphatic rings. The van der Waals surface area contributed by atoms with E-state index in [9.17, 15) is 14.4 Å². The van der Waals surface area contributed by atoms with Gasteiger partial charge in [0.15, 0.2) is 0 Å². The van der Waals surface area contributed by atoms with Crippen molar-refractivity contribution in [2.24, 2.45) is 5.92 Å². The van der Waals surface area contributed by atoms with Crippen LogP contribution in [-0.4, -0.2) is 34.8 Å². The number of amides is 4. The van der Waals surface area contributed by atoms with Gasteiger partial charge in [-0.1, -0.05) is 25.5 Å². The summed E-state index contributed by atoms with van der Waals surface area (Å²) in [6.45, 7) is 1.84. The Balaban J connectivity index is 1.60. The number of hydrogen-bond donors (Lipinski definition) is 2. The predicted molar refractivity (Wildman–Crippen MR) is 99.6 cm³/mol. The lowest BCUT2D eigenvalue weighted by Gasteiger charge is -2.34. The number of nitrogens with one attached hydrogen (secondary N) is 2. The Labute approximate surface area is 158 Å². The minimum Gasteiger partial charge on any atom is -0.325 e. The van der Waals surface area contributed by atoms with Gasteiger partial charge in [-0.2, -0.15) is 5.26 Å². The van der Waals surface area contributed by atoms with Crippen molar-refractivity contribution in [3.63, 3.8) is 0 Å². The van der Waals surface area contributed by atoms with Crippen molar-refractivity contribution in [3.05, 3.63) is 29.8 Å². The second-order valence-electron chi connectivity index (χ2n) is 7.34. The lowest BCUT2D eigenvalue weighted by atomic mass is 9.75. The smallest absolute Gasteiger partial charge is 0.325 e. The van der Waals surface area contributed by atoms with E-state index in [1.165, 1.54) is 0 Å². The molecule has 1 aliphatic carbocycles. The zero-order valence-electron chi connectivity index (χ0n) is 15.5. The van der Waals surface area contributed by atoms with Crippen LogP contribution >= 0.6 is 0 Å². The Morgan fingerprint density at radius 1 is 1.30 bits per heavy atom. The molecular weight excluding hydrogens is 344 g/mol. The van der Waals surface area contributed by atoms with E-state index in [-0.39, 0.29) is 12.5 Å². The van der Waals surface area contributed by atoms with E-state index in [0.717, 1.165) is 29.7 Å². The molecule has 0 atom stereocenters. The van der Waals surface area contributed by atoms with Gasteiger partial charge < -0.3 is 10.6 Å². The molecule has 7 heteroatoms. The van der Waals surface area contributed by atoms with Crippen molar-refractivity contribution in [2.75, 3.05) is 11.9 Å². The Morgan fingerprint density at radius 3 is 2.56 bits per heavy atom. The Bertz CT molecular complexity index is 773. The van der Waals surface area contributed by atoms with E-state index in [1.807, 2.05) is 0 Å². The van der Waals surface area contributed by atoms with Crippen LogP contribution in [0.5, 0.6) is 0 Å². The third kappa shape index (κ3) is 3.95. The first kappa shape index (κ1) is 18.9. The molecule has 1 aromatic carbocycles. The third-order valence-electron chi connectivity index (χ3n) is 5.60. The van der Waals surface area contributed by atoms with Gasteiger partial charge in [-0.25, -0.2) is 4.79 Å². The van der Waals surface area contributed by atoms with Crippen molar-refractivity contribution < 1.29 is 14.4 Å². The quantitative estimate of drug-likeness (QED) is 0.780. The summed E-state index contributed by atoms with van der Waals surface area (Å²) in [5.41, 5.74) is 0.586. The van der Waals surface area contributed by atoms with Gasteiger partial charge in [0.25, 0.3) is 5.91 Å². The predicted octanol–water partition coefficient (Wildman–Crippen LogP) is 2.58. The van der Waals surface area contributed by atoms with Crippen LogP contribution in [0.3, 0.4) is 0 Å². The van der Waals surface area contributed by atoms with Gasteiger partial charge in [-0.3, -0.25) is 14.5 Å². The summed E-state index contributed by atoms with van der Waals surface area (Å²) in [6.07, 6.45) is 4.48. The van der Waals surface area contributed by atoms with Crippen LogP contribution in [0.4, 0.5) is 10.5 Å². The first-order chi connectivity index (χ1) is 13.0. The van der Waals surface area contributed by atoms with Gasteiger partial charge >= 0.3 is 6.03 Å². The zero-order chi connectivity index (χ0) is 19.4. The fraction of sp³-hybridized carbons (Fsp3) is 0.500. The molecule has 1 aromatic rings. The highest BCUT2D eigenvalue weighted by atomic mass is 16.2. The van der Waals surface area contributed by atoms with Gasteiger partial charge in [-0.05, 0) is 49.3 Å². The topological polar surface area (TPSA) is 102 Å². The van der Waals surface area contributed by atoms with Crippen LogP contribution in [-0.2, 0) is 16.0 Å². The number of benzene rings is 1. The second-order valence-corrected chi connectivity index (χ2v) is 7.34. The molecular formula is C20H24N4O3. The van der Waals surface area contributed by atoms with E-state index in [2.05, 4.69) is 23.6 Å². The van der Waals surface area contributed by atoms with Gasteiger partial charge in [0.05, 0.1) is 12.5 Å². The minimum atomic E-state index is -0.831. The van der Waals surface area contributed by atoms with E-state index in [4.69, 9.17) is 5.26 Å². The summed E-state index contributed by atoms with van der Waals surface area (Å²) >= 11 is 0. The average molecular weight is 368 g/mol.